The van der Waals surface area contributed by atoms with Gasteiger partial charge in [-0.3, -0.25) is 0 Å². The molecule has 0 aliphatic carbocycles. The summed E-state index contributed by atoms with van der Waals surface area (Å²) >= 11 is 0. The number of methoxy groups -OCH3 is 1. The Morgan fingerprint density at radius 1 is 1.22 bits per heavy atom. The molecule has 1 aromatic carbocycles. The first-order chi connectivity index (χ1) is 8.65. The minimum absolute atomic E-state index is 0.275. The number of hydrogen-bond acceptors (Lipinski definition) is 3. The summed E-state index contributed by atoms with van der Waals surface area (Å²) in [6.07, 6.45) is 4.23. The molecule has 1 N–H and O–H groups in total. The van der Waals surface area contributed by atoms with Crippen LogP contribution in [0.1, 0.15) is 44.2 Å². The molecule has 1 aromatic rings. The minimum Gasteiger partial charge on any atom is -0.507 e. The van der Waals surface area contributed by atoms with Gasteiger partial charge in [-0.05, 0) is 26.7 Å². The number of phenolic OH excluding ortho intramolecular Hbond substituents is 1. The van der Waals surface area contributed by atoms with E-state index in [9.17, 15) is 5.11 Å². The van der Waals surface area contributed by atoms with Crippen LogP contribution in [0.3, 0.4) is 0 Å². The van der Waals surface area contributed by atoms with E-state index < -0.39 is 0 Å². The molecule has 0 aliphatic heterocycles. The van der Waals surface area contributed by atoms with Gasteiger partial charge < -0.3 is 14.6 Å². The van der Waals surface area contributed by atoms with Crippen LogP contribution in [-0.4, -0.2) is 18.8 Å². The first-order valence-corrected chi connectivity index (χ1v) is 6.67. The van der Waals surface area contributed by atoms with Crippen LogP contribution in [0.25, 0.3) is 0 Å². The molecule has 0 amide bonds. The summed E-state index contributed by atoms with van der Waals surface area (Å²) in [6.45, 7) is 6.64. The maximum atomic E-state index is 10.1. The van der Waals surface area contributed by atoms with E-state index in [4.69, 9.17) is 9.47 Å². The Morgan fingerprint density at radius 2 is 1.94 bits per heavy atom. The highest BCUT2D eigenvalue weighted by Crippen LogP contribution is 2.39. The molecule has 3 heteroatoms. The summed E-state index contributed by atoms with van der Waals surface area (Å²) in [4.78, 5) is 0. The molecule has 1 rings (SSSR count). The predicted octanol–water partition coefficient (Wildman–Crippen LogP) is 3.84. The van der Waals surface area contributed by atoms with Gasteiger partial charge in [0, 0.05) is 17.2 Å². The molecule has 0 atom stereocenters. The van der Waals surface area contributed by atoms with Gasteiger partial charge in [-0.2, -0.15) is 0 Å². The Hall–Kier alpha value is -1.38. The van der Waals surface area contributed by atoms with E-state index in [1.807, 2.05) is 13.8 Å². The highest BCUT2D eigenvalue weighted by Gasteiger charge is 2.16. The van der Waals surface area contributed by atoms with Crippen LogP contribution in [0.4, 0.5) is 0 Å². The predicted molar refractivity (Wildman–Crippen MR) is 73.8 cm³/mol. The van der Waals surface area contributed by atoms with Crippen molar-refractivity contribution in [2.45, 2.75) is 46.5 Å². The molecule has 0 bridgehead atoms. The Balaban J connectivity index is 3.05. The average molecular weight is 252 g/mol. The average Bonchev–Trinajstić information content (AvgIpc) is 2.35. The molecular formula is C15H24O3. The van der Waals surface area contributed by atoms with Crippen molar-refractivity contribution in [3.63, 3.8) is 0 Å². The van der Waals surface area contributed by atoms with Crippen LogP contribution in [0, 0.1) is 6.92 Å². The third-order valence-corrected chi connectivity index (χ3v) is 3.10. The molecule has 0 aliphatic rings. The quantitative estimate of drug-likeness (QED) is 0.749. The largest absolute Gasteiger partial charge is 0.507 e. The van der Waals surface area contributed by atoms with Gasteiger partial charge in [0.1, 0.15) is 17.2 Å². The number of aromatic hydroxyl groups is 1. The number of rotatable bonds is 7. The maximum Gasteiger partial charge on any atom is 0.132 e. The Kier molecular flexibility index (Phi) is 5.83. The fraction of sp³-hybridized carbons (Fsp3) is 0.600. The summed E-state index contributed by atoms with van der Waals surface area (Å²) in [7, 11) is 1.64. The maximum absolute atomic E-state index is 10.1. The monoisotopic (exact) mass is 252 g/mol. The minimum atomic E-state index is 0.275. The van der Waals surface area contributed by atoms with Crippen molar-refractivity contribution < 1.29 is 14.6 Å². The lowest BCUT2D eigenvalue weighted by Crippen LogP contribution is -2.01. The normalized spacial score (nSPS) is 10.4. The zero-order chi connectivity index (χ0) is 13.5. The fourth-order valence-corrected chi connectivity index (χ4v) is 2.15. The van der Waals surface area contributed by atoms with E-state index in [1.54, 1.807) is 13.2 Å². The molecular weight excluding hydrogens is 228 g/mol. The summed E-state index contributed by atoms with van der Waals surface area (Å²) in [5.41, 5.74) is 1.86. The molecule has 102 valence electrons. The molecule has 0 radical (unpaired) electrons. The molecule has 0 unspecified atom stereocenters. The molecule has 0 saturated carbocycles. The third kappa shape index (κ3) is 3.31. The van der Waals surface area contributed by atoms with Crippen LogP contribution in [0.2, 0.25) is 0 Å². The lowest BCUT2D eigenvalue weighted by molar-refractivity contribution is 0.327. The second kappa shape index (κ2) is 7.14. The van der Waals surface area contributed by atoms with Crippen molar-refractivity contribution in [2.75, 3.05) is 13.7 Å². The van der Waals surface area contributed by atoms with Gasteiger partial charge in [-0.25, -0.2) is 0 Å². The number of hydrogen-bond donors (Lipinski definition) is 1. The van der Waals surface area contributed by atoms with Crippen LogP contribution in [-0.2, 0) is 6.42 Å². The molecule has 0 heterocycles. The van der Waals surface area contributed by atoms with Crippen LogP contribution < -0.4 is 9.47 Å². The Morgan fingerprint density at radius 3 is 2.50 bits per heavy atom. The number of benzene rings is 1. The summed E-state index contributed by atoms with van der Waals surface area (Å²) < 4.78 is 10.9. The van der Waals surface area contributed by atoms with Crippen LogP contribution >= 0.6 is 0 Å². The van der Waals surface area contributed by atoms with E-state index in [0.717, 1.165) is 36.1 Å². The first kappa shape index (κ1) is 14.7. The summed E-state index contributed by atoms with van der Waals surface area (Å²) in [6, 6.07) is 1.70. The zero-order valence-corrected chi connectivity index (χ0v) is 11.9. The van der Waals surface area contributed by atoms with Gasteiger partial charge in [0.05, 0.1) is 13.7 Å². The first-order valence-electron chi connectivity index (χ1n) is 6.67. The summed E-state index contributed by atoms with van der Waals surface area (Å²) in [5.74, 6) is 1.73. The molecule has 0 spiro atoms. The highest BCUT2D eigenvalue weighted by atomic mass is 16.5. The molecule has 0 aromatic heterocycles. The molecule has 3 nitrogen and oxygen atoms in total. The SMILES string of the molecule is CCCCCc1c(O)cc(OCC)c(C)c1OC. The Labute approximate surface area is 110 Å². The van der Waals surface area contributed by atoms with Crippen molar-refractivity contribution in [3.05, 3.63) is 17.2 Å². The number of unbranched alkanes of at least 4 members (excludes halogenated alkanes) is 2. The van der Waals surface area contributed by atoms with Crippen LogP contribution in [0.5, 0.6) is 17.2 Å². The smallest absolute Gasteiger partial charge is 0.132 e. The van der Waals surface area contributed by atoms with Gasteiger partial charge in [0.25, 0.3) is 0 Å². The fourth-order valence-electron chi connectivity index (χ4n) is 2.15. The molecule has 0 saturated heterocycles. The van der Waals surface area contributed by atoms with Crippen LogP contribution in [0.15, 0.2) is 6.07 Å². The van der Waals surface area contributed by atoms with E-state index in [-0.39, 0.29) is 5.75 Å². The zero-order valence-electron chi connectivity index (χ0n) is 11.9. The van der Waals surface area contributed by atoms with Crippen molar-refractivity contribution >= 4 is 0 Å². The van der Waals surface area contributed by atoms with Crippen molar-refractivity contribution in [1.29, 1.82) is 0 Å². The standard InChI is InChI=1S/C15H24O3/c1-5-7-8-9-12-13(16)10-14(18-6-2)11(3)15(12)17-4/h10,16H,5-9H2,1-4H3. The Bertz CT molecular complexity index is 386. The second-order valence-electron chi connectivity index (χ2n) is 4.42. The summed E-state index contributed by atoms with van der Waals surface area (Å²) in [5, 5.41) is 10.1. The van der Waals surface area contributed by atoms with Crippen molar-refractivity contribution in [1.82, 2.24) is 0 Å². The third-order valence-electron chi connectivity index (χ3n) is 3.10. The molecule has 18 heavy (non-hydrogen) atoms. The van der Waals surface area contributed by atoms with E-state index in [1.165, 1.54) is 6.42 Å². The van der Waals surface area contributed by atoms with Gasteiger partial charge in [0.15, 0.2) is 0 Å². The molecule has 0 fully saturated rings. The van der Waals surface area contributed by atoms with Gasteiger partial charge in [-0.15, -0.1) is 0 Å². The van der Waals surface area contributed by atoms with E-state index >= 15 is 0 Å². The lowest BCUT2D eigenvalue weighted by atomic mass is 10.0. The lowest BCUT2D eigenvalue weighted by Gasteiger charge is -2.17. The van der Waals surface area contributed by atoms with Gasteiger partial charge in [0.2, 0.25) is 0 Å². The van der Waals surface area contributed by atoms with Gasteiger partial charge >= 0.3 is 0 Å². The number of ether oxygens (including phenoxy) is 2. The number of phenols is 1. The van der Waals surface area contributed by atoms with Crippen molar-refractivity contribution in [2.24, 2.45) is 0 Å². The van der Waals surface area contributed by atoms with E-state index in [0.29, 0.717) is 12.4 Å². The van der Waals surface area contributed by atoms with Gasteiger partial charge in [-0.1, -0.05) is 19.8 Å². The topological polar surface area (TPSA) is 38.7 Å². The van der Waals surface area contributed by atoms with E-state index in [2.05, 4.69) is 6.92 Å². The highest BCUT2D eigenvalue weighted by molar-refractivity contribution is 5.56. The second-order valence-corrected chi connectivity index (χ2v) is 4.42. The van der Waals surface area contributed by atoms with Crippen molar-refractivity contribution in [3.8, 4) is 17.2 Å².